The Balaban J connectivity index is 1.65. The molecule has 0 saturated carbocycles. The smallest absolute Gasteiger partial charge is 0.337 e. The van der Waals surface area contributed by atoms with Crippen LogP contribution in [0.1, 0.15) is 51.3 Å². The van der Waals surface area contributed by atoms with E-state index in [1.807, 2.05) is 43.3 Å². The van der Waals surface area contributed by atoms with Crippen LogP contribution in [0, 0.1) is 12.3 Å². The Morgan fingerprint density at radius 2 is 1.37 bits per heavy atom. The normalized spacial score (nSPS) is 18.6. The highest BCUT2D eigenvalue weighted by molar-refractivity contribution is 6.37. The number of dihydropyridines is 1. The molecule has 46 heavy (non-hydrogen) atoms. The van der Waals surface area contributed by atoms with Gasteiger partial charge in [0.2, 0.25) is 0 Å². The zero-order valence-corrected chi connectivity index (χ0v) is 25.6. The molecule has 1 unspecified atom stereocenters. The number of carbonyl (C=O) groups is 4. The Hall–Kier alpha value is -5.82. The highest BCUT2D eigenvalue weighted by atomic mass is 16.5. The SMILES string of the molecule is CCOC(=O)C1=C(c2ccccc2)N(c2ccc(C)cc2)C(=O)C12C(C(=O)c1ccccc1)=C(C)NC1=C2C(=O)c2ccccc21. The van der Waals surface area contributed by atoms with Gasteiger partial charge in [0.1, 0.15) is 5.41 Å². The molecule has 0 bridgehead atoms. The summed E-state index contributed by atoms with van der Waals surface area (Å²) < 4.78 is 5.72. The van der Waals surface area contributed by atoms with Gasteiger partial charge in [-0.05, 0) is 38.5 Å². The van der Waals surface area contributed by atoms with Crippen LogP contribution in [0.2, 0.25) is 0 Å². The van der Waals surface area contributed by atoms with Gasteiger partial charge in [-0.3, -0.25) is 19.3 Å². The molecule has 226 valence electrons. The molecule has 1 aliphatic carbocycles. The van der Waals surface area contributed by atoms with Crippen molar-refractivity contribution in [2.45, 2.75) is 20.8 Å². The minimum absolute atomic E-state index is 0.00898. The number of fused-ring (bicyclic) bond motifs is 3. The van der Waals surface area contributed by atoms with E-state index in [-0.39, 0.29) is 29.0 Å². The first-order chi connectivity index (χ1) is 22.3. The maximum Gasteiger partial charge on any atom is 0.337 e. The second-order valence-electron chi connectivity index (χ2n) is 11.5. The number of amides is 1. The van der Waals surface area contributed by atoms with E-state index in [1.54, 1.807) is 86.6 Å². The van der Waals surface area contributed by atoms with Crippen LogP contribution >= 0.6 is 0 Å². The molecule has 1 atom stereocenters. The van der Waals surface area contributed by atoms with E-state index in [0.717, 1.165) is 5.56 Å². The number of hydrogen-bond donors (Lipinski definition) is 1. The standard InChI is InChI=1S/C39H30N2O5/c1-4-46-37(44)32-34(25-13-7-5-8-14-25)41(27-21-19-23(2)20-22-27)38(45)39(32)30(35(42)26-15-9-6-10-16-26)24(3)40-33-28-17-11-12-18-29(28)36(43)31(33)39/h5-22,40H,4H2,1-3H3. The van der Waals surface area contributed by atoms with Crippen LogP contribution in [0.25, 0.3) is 11.4 Å². The Bertz CT molecular complexity index is 2060. The molecule has 7 nitrogen and oxygen atoms in total. The number of nitrogens with zero attached hydrogens (tertiary/aromatic N) is 1. The van der Waals surface area contributed by atoms with Gasteiger partial charge in [-0.2, -0.15) is 0 Å². The third-order valence-corrected chi connectivity index (χ3v) is 8.80. The second-order valence-corrected chi connectivity index (χ2v) is 11.5. The van der Waals surface area contributed by atoms with Gasteiger partial charge in [-0.1, -0.05) is 103 Å². The third-order valence-electron chi connectivity index (χ3n) is 8.80. The number of rotatable bonds is 6. The number of Topliss-reactive ketones (excluding diaryl/α,β-unsaturated/α-hetero) is 2. The van der Waals surface area contributed by atoms with Gasteiger partial charge in [0, 0.05) is 39.2 Å². The molecule has 7 heteroatoms. The fraction of sp³-hybridized carbons (Fsp3) is 0.128. The van der Waals surface area contributed by atoms with E-state index in [2.05, 4.69) is 5.32 Å². The molecule has 1 N–H and O–H groups in total. The van der Waals surface area contributed by atoms with Crippen molar-refractivity contribution in [3.8, 4) is 0 Å². The zero-order valence-electron chi connectivity index (χ0n) is 25.6. The number of carbonyl (C=O) groups excluding carboxylic acids is 4. The molecule has 1 amide bonds. The topological polar surface area (TPSA) is 92.8 Å². The Morgan fingerprint density at radius 1 is 0.761 bits per heavy atom. The molecule has 3 aliphatic rings. The summed E-state index contributed by atoms with van der Waals surface area (Å²) in [7, 11) is 0. The van der Waals surface area contributed by atoms with Gasteiger partial charge >= 0.3 is 5.97 Å². The molecular weight excluding hydrogens is 576 g/mol. The summed E-state index contributed by atoms with van der Waals surface area (Å²) in [6.45, 7) is 5.35. The first kappa shape index (κ1) is 28.9. The van der Waals surface area contributed by atoms with Crippen molar-refractivity contribution in [3.63, 3.8) is 0 Å². The Kier molecular flexibility index (Phi) is 6.89. The van der Waals surface area contributed by atoms with Crippen LogP contribution in [-0.4, -0.2) is 30.0 Å². The number of ether oxygens (including phenoxy) is 1. The van der Waals surface area contributed by atoms with E-state index >= 15 is 4.79 Å². The summed E-state index contributed by atoms with van der Waals surface area (Å²) in [5.74, 6) is -2.30. The van der Waals surface area contributed by atoms with Crippen molar-refractivity contribution in [1.29, 1.82) is 0 Å². The molecule has 1 spiro atoms. The average molecular weight is 607 g/mol. The lowest BCUT2D eigenvalue weighted by Crippen LogP contribution is -2.49. The first-order valence-electron chi connectivity index (χ1n) is 15.2. The molecule has 7 rings (SSSR count). The van der Waals surface area contributed by atoms with Crippen molar-refractivity contribution in [2.24, 2.45) is 5.41 Å². The molecule has 0 fully saturated rings. The summed E-state index contributed by atoms with van der Waals surface area (Å²) in [5, 5.41) is 3.32. The van der Waals surface area contributed by atoms with Crippen molar-refractivity contribution in [3.05, 3.63) is 159 Å². The van der Waals surface area contributed by atoms with Crippen LogP contribution in [0.3, 0.4) is 0 Å². The van der Waals surface area contributed by atoms with Crippen molar-refractivity contribution in [2.75, 3.05) is 11.5 Å². The molecule has 4 aromatic rings. The van der Waals surface area contributed by atoms with Crippen LogP contribution < -0.4 is 10.2 Å². The predicted octanol–water partition coefficient (Wildman–Crippen LogP) is 6.67. The summed E-state index contributed by atoms with van der Waals surface area (Å²) in [4.78, 5) is 61.1. The van der Waals surface area contributed by atoms with Gasteiger partial charge in [0.25, 0.3) is 5.91 Å². The Labute approximate surface area is 266 Å². The monoisotopic (exact) mass is 606 g/mol. The van der Waals surface area contributed by atoms with Crippen LogP contribution in [0.5, 0.6) is 0 Å². The van der Waals surface area contributed by atoms with Gasteiger partial charge < -0.3 is 10.1 Å². The molecule has 0 saturated heterocycles. The lowest BCUT2D eigenvalue weighted by Gasteiger charge is -2.38. The molecule has 0 radical (unpaired) electrons. The number of aryl methyl sites for hydroxylation is 1. The maximum atomic E-state index is 15.7. The highest BCUT2D eigenvalue weighted by Crippen LogP contribution is 2.60. The number of ketones is 2. The largest absolute Gasteiger partial charge is 0.463 e. The number of benzene rings is 4. The van der Waals surface area contributed by atoms with Crippen LogP contribution in [0.4, 0.5) is 5.69 Å². The average Bonchev–Trinajstić information content (AvgIpc) is 3.50. The number of hydrogen-bond acceptors (Lipinski definition) is 6. The maximum absolute atomic E-state index is 15.7. The number of nitrogens with one attached hydrogen (secondary N) is 1. The van der Waals surface area contributed by atoms with E-state index < -0.39 is 28.9 Å². The third kappa shape index (κ3) is 4.05. The minimum Gasteiger partial charge on any atom is -0.463 e. The van der Waals surface area contributed by atoms with Crippen molar-refractivity contribution < 1.29 is 23.9 Å². The zero-order chi connectivity index (χ0) is 32.2. The van der Waals surface area contributed by atoms with Crippen molar-refractivity contribution >= 4 is 40.5 Å². The summed E-state index contributed by atoms with van der Waals surface area (Å²) in [6.07, 6.45) is 0. The second kappa shape index (κ2) is 11.0. The van der Waals surface area contributed by atoms with Gasteiger partial charge in [0.05, 0.1) is 23.6 Å². The van der Waals surface area contributed by atoms with E-state index in [9.17, 15) is 14.4 Å². The van der Waals surface area contributed by atoms with Crippen molar-refractivity contribution in [1.82, 2.24) is 5.32 Å². The minimum atomic E-state index is -2.13. The van der Waals surface area contributed by atoms with Gasteiger partial charge in [0.15, 0.2) is 11.6 Å². The number of esters is 1. The summed E-state index contributed by atoms with van der Waals surface area (Å²) >= 11 is 0. The molecule has 4 aromatic carbocycles. The predicted molar refractivity (Wildman–Crippen MR) is 175 cm³/mol. The van der Waals surface area contributed by atoms with Gasteiger partial charge in [-0.25, -0.2) is 4.79 Å². The highest BCUT2D eigenvalue weighted by Gasteiger charge is 2.67. The Morgan fingerprint density at radius 3 is 2.02 bits per heavy atom. The van der Waals surface area contributed by atoms with E-state index in [4.69, 9.17) is 4.74 Å². The lowest BCUT2D eigenvalue weighted by molar-refractivity contribution is -0.140. The summed E-state index contributed by atoms with van der Waals surface area (Å²) in [6, 6.07) is 32.1. The fourth-order valence-corrected chi connectivity index (χ4v) is 6.89. The van der Waals surface area contributed by atoms with E-state index in [0.29, 0.717) is 39.3 Å². The van der Waals surface area contributed by atoms with Crippen LogP contribution in [-0.2, 0) is 14.3 Å². The molecule has 2 heterocycles. The molecule has 0 aromatic heterocycles. The number of allylic oxidation sites excluding steroid dienone is 1. The lowest BCUT2D eigenvalue weighted by atomic mass is 9.63. The van der Waals surface area contributed by atoms with E-state index in [1.165, 1.54) is 4.90 Å². The molecule has 2 aliphatic heterocycles. The molecular formula is C39H30N2O5. The summed E-state index contributed by atoms with van der Waals surface area (Å²) in [5.41, 5.74) is 2.19. The van der Waals surface area contributed by atoms with Crippen LogP contribution in [0.15, 0.2) is 132 Å². The fourth-order valence-electron chi connectivity index (χ4n) is 6.89. The number of anilines is 1. The quantitative estimate of drug-likeness (QED) is 0.195. The first-order valence-corrected chi connectivity index (χ1v) is 15.2. The van der Waals surface area contributed by atoms with Gasteiger partial charge in [-0.15, -0.1) is 0 Å².